The molecular weight excluding hydrogens is 182 g/mol. The van der Waals surface area contributed by atoms with Crippen LogP contribution in [0.25, 0.3) is 0 Å². The molecule has 1 aromatic heterocycles. The lowest BCUT2D eigenvalue weighted by atomic mass is 10.7. The molecule has 0 aliphatic carbocycles. The second-order valence-corrected chi connectivity index (χ2v) is 3.38. The highest BCUT2D eigenvalue weighted by Crippen LogP contribution is 1.92. The van der Waals surface area contributed by atoms with Gasteiger partial charge in [-0.05, 0) is 18.5 Å². The molecule has 0 aromatic carbocycles. The van der Waals surface area contributed by atoms with Crippen LogP contribution in [0, 0.1) is 4.77 Å². The minimum Gasteiger partial charge on any atom is -0.272 e. The summed E-state index contributed by atoms with van der Waals surface area (Å²) in [4.78, 5) is 10.9. The maximum Gasteiger partial charge on any atom is 0.342 e. The highest BCUT2D eigenvalue weighted by atomic mass is 32.2. The van der Waals surface area contributed by atoms with E-state index < -0.39 is 0 Å². The van der Waals surface area contributed by atoms with Gasteiger partial charge in [-0.15, -0.1) is 0 Å². The van der Waals surface area contributed by atoms with Crippen molar-refractivity contribution in [2.75, 3.05) is 12.0 Å². The van der Waals surface area contributed by atoms with Gasteiger partial charge in [0.05, 0.1) is 0 Å². The summed E-state index contributed by atoms with van der Waals surface area (Å²) < 4.78 is 1.97. The van der Waals surface area contributed by atoms with Crippen molar-refractivity contribution < 1.29 is 0 Å². The Morgan fingerprint density at radius 3 is 2.82 bits per heavy atom. The van der Waals surface area contributed by atoms with E-state index in [2.05, 4.69) is 10.2 Å². The Bertz CT molecular complexity index is 295. The largest absolute Gasteiger partial charge is 0.342 e. The molecule has 1 heterocycles. The monoisotopic (exact) mass is 191 g/mol. The first-order valence-corrected chi connectivity index (χ1v) is 4.92. The molecule has 0 radical (unpaired) electrons. The van der Waals surface area contributed by atoms with Crippen molar-refractivity contribution in [2.24, 2.45) is 0 Å². The average Bonchev–Trinajstić information content (AvgIpc) is 2.29. The lowest BCUT2D eigenvalue weighted by Crippen LogP contribution is -2.17. The van der Waals surface area contributed by atoms with Crippen LogP contribution in [0.5, 0.6) is 0 Å². The predicted molar refractivity (Wildman–Crippen MR) is 48.6 cm³/mol. The Hall–Kier alpha value is -0.490. The molecule has 0 bridgehead atoms. The van der Waals surface area contributed by atoms with Crippen LogP contribution in [-0.4, -0.2) is 26.8 Å². The van der Waals surface area contributed by atoms with Crippen LogP contribution in [0.15, 0.2) is 4.79 Å². The maximum absolute atomic E-state index is 10.9. The first kappa shape index (κ1) is 8.61. The SMILES string of the molecule is CSCCn1c(=O)[nH][nH]c1=S. The topological polar surface area (TPSA) is 53.6 Å². The van der Waals surface area contributed by atoms with E-state index in [1.54, 1.807) is 11.8 Å². The summed E-state index contributed by atoms with van der Waals surface area (Å²) in [6.07, 6.45) is 1.99. The number of aromatic nitrogens is 3. The van der Waals surface area contributed by atoms with Crippen molar-refractivity contribution in [1.82, 2.24) is 14.8 Å². The fourth-order valence-corrected chi connectivity index (χ4v) is 1.31. The molecule has 62 valence electrons. The Labute approximate surface area is 73.0 Å². The summed E-state index contributed by atoms with van der Waals surface area (Å²) in [7, 11) is 0. The van der Waals surface area contributed by atoms with Crippen molar-refractivity contribution in [3.8, 4) is 0 Å². The second-order valence-electron chi connectivity index (χ2n) is 2.00. The predicted octanol–water partition coefficient (Wildman–Crippen LogP) is 0.597. The van der Waals surface area contributed by atoms with Crippen molar-refractivity contribution in [3.05, 3.63) is 15.3 Å². The molecule has 0 aliphatic heterocycles. The normalized spacial score (nSPS) is 10.3. The fourth-order valence-electron chi connectivity index (χ4n) is 0.720. The zero-order chi connectivity index (χ0) is 8.27. The smallest absolute Gasteiger partial charge is 0.272 e. The van der Waals surface area contributed by atoms with Gasteiger partial charge in [-0.1, -0.05) is 0 Å². The van der Waals surface area contributed by atoms with Crippen molar-refractivity contribution in [3.63, 3.8) is 0 Å². The van der Waals surface area contributed by atoms with Crippen LogP contribution < -0.4 is 5.69 Å². The Balaban J connectivity index is 2.84. The van der Waals surface area contributed by atoms with E-state index in [0.29, 0.717) is 11.3 Å². The first-order chi connectivity index (χ1) is 5.25. The standard InChI is InChI=1S/C5H9N3OS2/c1-11-3-2-8-4(9)6-7-5(8)10/h2-3H2,1H3,(H,6,9)(H,7,10). The van der Waals surface area contributed by atoms with Gasteiger partial charge in [0.1, 0.15) is 0 Å². The summed E-state index contributed by atoms with van der Waals surface area (Å²) in [6, 6.07) is 0. The molecule has 0 saturated carbocycles. The van der Waals surface area contributed by atoms with Gasteiger partial charge < -0.3 is 0 Å². The third-order valence-electron chi connectivity index (χ3n) is 1.29. The summed E-state index contributed by atoms with van der Waals surface area (Å²) >= 11 is 6.54. The second kappa shape index (κ2) is 3.77. The van der Waals surface area contributed by atoms with Crippen LogP contribution in [0.2, 0.25) is 0 Å². The lowest BCUT2D eigenvalue weighted by Gasteiger charge is -1.95. The zero-order valence-corrected chi connectivity index (χ0v) is 7.72. The number of H-pyrrole nitrogens is 2. The summed E-state index contributed by atoms with van der Waals surface area (Å²) in [5, 5.41) is 4.99. The van der Waals surface area contributed by atoms with Crippen molar-refractivity contribution >= 4 is 24.0 Å². The highest BCUT2D eigenvalue weighted by molar-refractivity contribution is 7.98. The van der Waals surface area contributed by atoms with Crippen LogP contribution in [0.4, 0.5) is 0 Å². The number of rotatable bonds is 3. The third kappa shape index (κ3) is 1.97. The molecular formula is C5H9N3OS2. The van der Waals surface area contributed by atoms with Gasteiger partial charge in [-0.2, -0.15) is 11.8 Å². The molecule has 0 saturated heterocycles. The molecule has 1 aromatic rings. The Morgan fingerprint density at radius 1 is 1.64 bits per heavy atom. The first-order valence-electron chi connectivity index (χ1n) is 3.12. The Kier molecular flexibility index (Phi) is 2.95. The molecule has 2 N–H and O–H groups in total. The summed E-state index contributed by atoms with van der Waals surface area (Å²) in [5.74, 6) is 0.898. The minimum atomic E-state index is -0.163. The molecule has 4 nitrogen and oxygen atoms in total. The molecule has 0 atom stereocenters. The molecule has 0 unspecified atom stereocenters. The average molecular weight is 191 g/mol. The van der Waals surface area contributed by atoms with Gasteiger partial charge in [0.2, 0.25) is 0 Å². The quantitative estimate of drug-likeness (QED) is 0.688. The number of nitrogens with one attached hydrogen (secondary N) is 2. The van der Waals surface area contributed by atoms with Crippen molar-refractivity contribution in [2.45, 2.75) is 6.54 Å². The van der Waals surface area contributed by atoms with Crippen LogP contribution in [0.1, 0.15) is 0 Å². The van der Waals surface area contributed by atoms with Crippen molar-refractivity contribution in [1.29, 1.82) is 0 Å². The van der Waals surface area contributed by atoms with Crippen LogP contribution >= 0.6 is 24.0 Å². The Morgan fingerprint density at radius 2 is 2.36 bits per heavy atom. The van der Waals surface area contributed by atoms with Gasteiger partial charge >= 0.3 is 5.69 Å². The summed E-state index contributed by atoms with van der Waals surface area (Å²) in [6.45, 7) is 0.666. The molecule has 0 spiro atoms. The lowest BCUT2D eigenvalue weighted by molar-refractivity contribution is 0.728. The molecule has 0 aliphatic rings. The number of aromatic amines is 2. The highest BCUT2D eigenvalue weighted by Gasteiger charge is 1.96. The van der Waals surface area contributed by atoms with Gasteiger partial charge in [-0.25, -0.2) is 9.89 Å². The molecule has 0 fully saturated rings. The zero-order valence-electron chi connectivity index (χ0n) is 6.09. The van der Waals surface area contributed by atoms with E-state index in [0.717, 1.165) is 5.75 Å². The van der Waals surface area contributed by atoms with E-state index in [1.807, 2.05) is 6.26 Å². The number of hydrogen-bond donors (Lipinski definition) is 2. The molecule has 1 rings (SSSR count). The summed E-state index contributed by atoms with van der Waals surface area (Å²) in [5.41, 5.74) is -0.163. The fraction of sp³-hybridized carbons (Fsp3) is 0.600. The van der Waals surface area contributed by atoms with Crippen LogP contribution in [0.3, 0.4) is 0 Å². The maximum atomic E-state index is 10.9. The molecule has 0 amide bonds. The number of thioether (sulfide) groups is 1. The molecule has 6 heteroatoms. The van der Waals surface area contributed by atoms with Gasteiger partial charge in [-0.3, -0.25) is 9.67 Å². The minimum absolute atomic E-state index is 0.163. The number of nitrogens with zero attached hydrogens (tertiary/aromatic N) is 1. The molecule has 11 heavy (non-hydrogen) atoms. The van der Waals surface area contributed by atoms with Gasteiger partial charge in [0.15, 0.2) is 4.77 Å². The van der Waals surface area contributed by atoms with Gasteiger partial charge in [0, 0.05) is 12.3 Å². The van der Waals surface area contributed by atoms with E-state index in [-0.39, 0.29) is 5.69 Å². The van der Waals surface area contributed by atoms with E-state index in [9.17, 15) is 4.79 Å². The number of hydrogen-bond acceptors (Lipinski definition) is 3. The van der Waals surface area contributed by atoms with E-state index in [4.69, 9.17) is 12.2 Å². The van der Waals surface area contributed by atoms with E-state index >= 15 is 0 Å². The third-order valence-corrected chi connectivity index (χ3v) is 2.20. The van der Waals surface area contributed by atoms with Crippen LogP contribution in [-0.2, 0) is 6.54 Å². The van der Waals surface area contributed by atoms with E-state index in [1.165, 1.54) is 4.57 Å². The van der Waals surface area contributed by atoms with Gasteiger partial charge in [0.25, 0.3) is 0 Å².